The van der Waals surface area contributed by atoms with Crippen molar-refractivity contribution in [2.75, 3.05) is 20.9 Å². The smallest absolute Gasteiger partial charge is 0.650 e. The minimum absolute atomic E-state index is 0. The summed E-state index contributed by atoms with van der Waals surface area (Å²) in [7, 11) is 3.14. The molecule has 168 valence electrons. The van der Waals surface area contributed by atoms with Crippen molar-refractivity contribution in [1.29, 1.82) is 0 Å². The van der Waals surface area contributed by atoms with E-state index in [1.54, 1.807) is 20.2 Å². The Bertz CT molecular complexity index is 1120. The molecule has 3 N–H and O–H groups in total. The van der Waals surface area contributed by atoms with Gasteiger partial charge in [0.05, 0.1) is 11.6 Å². The number of hydrogen-bond acceptors (Lipinski definition) is 7. The predicted molar refractivity (Wildman–Crippen MR) is 116 cm³/mol. The minimum Gasteiger partial charge on any atom is -0.650 e. The number of aromatic hydroxyl groups is 1. The van der Waals surface area contributed by atoms with Crippen LogP contribution in [0.5, 0.6) is 17.2 Å². The van der Waals surface area contributed by atoms with E-state index in [1.165, 1.54) is 17.0 Å². The Morgan fingerprint density at radius 2 is 1.97 bits per heavy atom. The molecule has 9 nitrogen and oxygen atoms in total. The van der Waals surface area contributed by atoms with E-state index < -0.39 is 11.9 Å². The number of amides is 1. The van der Waals surface area contributed by atoms with E-state index in [1.807, 2.05) is 25.1 Å². The maximum absolute atomic E-state index is 12.3. The molecular weight excluding hydrogens is 421 g/mol. The number of nitrogens with one attached hydrogen (secondary N) is 1. The van der Waals surface area contributed by atoms with Crippen molar-refractivity contribution in [1.82, 2.24) is 10.2 Å². The van der Waals surface area contributed by atoms with Crippen LogP contribution in [0.3, 0.4) is 0 Å². The first-order valence-electron chi connectivity index (χ1n) is 10.2. The number of benzene rings is 2. The standard InChI is InChI=1S/C23H24N3O6.Li/c1-4-14(12-8-9-16-17(10-12)32-11-31-16)24-18-19(22(29)21(18)28)25-15-7-5-6-13(20(15)27)23(30)26(2)3;/h5-10,14,21,28H,4,11H2,1-3H3,(H,24,29)(H,27,30);/q-1;+1. The van der Waals surface area contributed by atoms with Gasteiger partial charge in [-0.25, -0.2) is 0 Å². The van der Waals surface area contributed by atoms with E-state index in [0.717, 1.165) is 5.56 Å². The van der Waals surface area contributed by atoms with Crippen LogP contribution in [-0.2, 0) is 4.79 Å². The summed E-state index contributed by atoms with van der Waals surface area (Å²) in [5, 5.41) is 28.2. The zero-order chi connectivity index (χ0) is 23.0. The third-order valence-corrected chi connectivity index (χ3v) is 5.43. The number of carbonyl (C=O) groups is 2. The molecule has 10 heteroatoms. The SMILES string of the molecule is CCC(NC1=C([N-]c2cccc(C(=O)N(C)C)c2O)C(=O)C1O)c1ccc2c(c1)OCO2.[Li+]. The minimum atomic E-state index is -1.33. The topological polar surface area (TPSA) is 122 Å². The van der Waals surface area contributed by atoms with Crippen LogP contribution >= 0.6 is 0 Å². The van der Waals surface area contributed by atoms with E-state index in [9.17, 15) is 19.8 Å². The Kier molecular flexibility index (Phi) is 7.27. The van der Waals surface area contributed by atoms with Gasteiger partial charge in [-0.2, -0.15) is 0 Å². The fourth-order valence-corrected chi connectivity index (χ4v) is 3.60. The molecular formula is C23H24LiN3O6. The number of ether oxygens (including phenoxy) is 2. The number of phenolic OH excluding ortho intramolecular Hbond substituents is 1. The van der Waals surface area contributed by atoms with Gasteiger partial charge in [-0.15, -0.1) is 0 Å². The second-order valence-electron chi connectivity index (χ2n) is 7.73. The summed E-state index contributed by atoms with van der Waals surface area (Å²) < 4.78 is 10.8. The first-order valence-corrected chi connectivity index (χ1v) is 10.2. The van der Waals surface area contributed by atoms with Crippen LogP contribution in [0.25, 0.3) is 5.32 Å². The van der Waals surface area contributed by atoms with Gasteiger partial charge in [0.15, 0.2) is 23.4 Å². The Hall–Kier alpha value is -3.12. The number of hydrogen-bond donors (Lipinski definition) is 3. The average Bonchev–Trinajstić information content (AvgIpc) is 3.26. The Morgan fingerprint density at radius 3 is 2.67 bits per heavy atom. The number of phenols is 1. The number of fused-ring (bicyclic) bond motifs is 1. The molecule has 0 bridgehead atoms. The third-order valence-electron chi connectivity index (χ3n) is 5.43. The van der Waals surface area contributed by atoms with Crippen LogP contribution in [0, 0.1) is 0 Å². The van der Waals surface area contributed by atoms with Gasteiger partial charge in [0, 0.05) is 19.8 Å². The van der Waals surface area contributed by atoms with Gasteiger partial charge in [0.1, 0.15) is 5.75 Å². The first-order chi connectivity index (χ1) is 15.3. The van der Waals surface area contributed by atoms with E-state index in [0.29, 0.717) is 17.9 Å². The molecule has 0 spiro atoms. The summed E-state index contributed by atoms with van der Waals surface area (Å²) in [6.07, 6.45) is -0.666. The maximum Gasteiger partial charge on any atom is 1.00 e. The Balaban J connectivity index is 0.00000306. The summed E-state index contributed by atoms with van der Waals surface area (Å²) in [6.45, 7) is 2.14. The normalized spacial score (nSPS) is 17.1. The van der Waals surface area contributed by atoms with Gasteiger partial charge in [-0.1, -0.05) is 36.5 Å². The maximum atomic E-state index is 12.3. The monoisotopic (exact) mass is 445 g/mol. The van der Waals surface area contributed by atoms with Gasteiger partial charge < -0.3 is 35.2 Å². The molecule has 0 radical (unpaired) electrons. The fraction of sp³-hybridized carbons (Fsp3) is 0.304. The van der Waals surface area contributed by atoms with Gasteiger partial charge in [0.2, 0.25) is 6.79 Å². The second-order valence-corrected chi connectivity index (χ2v) is 7.73. The summed E-state index contributed by atoms with van der Waals surface area (Å²) in [4.78, 5) is 25.9. The first kappa shape index (κ1) is 24.5. The van der Waals surface area contributed by atoms with Crippen molar-refractivity contribution in [3.05, 3.63) is 64.2 Å². The van der Waals surface area contributed by atoms with Crippen LogP contribution in [0.2, 0.25) is 0 Å². The number of rotatable bonds is 7. The fourth-order valence-electron chi connectivity index (χ4n) is 3.60. The van der Waals surface area contributed by atoms with Crippen LogP contribution in [-0.4, -0.2) is 53.8 Å². The van der Waals surface area contributed by atoms with Gasteiger partial charge >= 0.3 is 18.9 Å². The van der Waals surface area contributed by atoms with Crippen LogP contribution in [0.15, 0.2) is 47.8 Å². The van der Waals surface area contributed by atoms with Crippen molar-refractivity contribution >= 4 is 17.4 Å². The molecule has 2 aromatic rings. The molecule has 1 heterocycles. The molecule has 0 saturated heterocycles. The summed E-state index contributed by atoms with van der Waals surface area (Å²) in [5.41, 5.74) is 1.33. The van der Waals surface area contributed by atoms with Crippen molar-refractivity contribution in [2.45, 2.75) is 25.5 Å². The Labute approximate surface area is 203 Å². The van der Waals surface area contributed by atoms with Crippen LogP contribution in [0.1, 0.15) is 35.3 Å². The molecule has 1 aliphatic carbocycles. The van der Waals surface area contributed by atoms with Crippen molar-refractivity contribution in [2.24, 2.45) is 0 Å². The summed E-state index contributed by atoms with van der Waals surface area (Å²) in [6, 6.07) is 9.90. The largest absolute Gasteiger partial charge is 1.00 e. The third kappa shape index (κ3) is 4.53. The molecule has 0 fully saturated rings. The average molecular weight is 445 g/mol. The van der Waals surface area contributed by atoms with Crippen molar-refractivity contribution in [3.63, 3.8) is 0 Å². The van der Waals surface area contributed by atoms with Crippen molar-refractivity contribution in [3.8, 4) is 17.2 Å². The number of aliphatic hydroxyl groups is 1. The quantitative estimate of drug-likeness (QED) is 0.502. The number of ketones is 1. The second kappa shape index (κ2) is 9.79. The summed E-state index contributed by atoms with van der Waals surface area (Å²) in [5.74, 6) is 0.0340. The molecule has 2 unspecified atom stereocenters. The molecule has 1 aliphatic heterocycles. The number of nitrogens with zero attached hydrogens (tertiary/aromatic N) is 2. The molecule has 0 aromatic heterocycles. The molecule has 33 heavy (non-hydrogen) atoms. The zero-order valence-corrected chi connectivity index (χ0v) is 19.0. The number of Topliss-reactive ketones (excluding diaryl/α,β-unsaturated/α-hetero) is 1. The predicted octanol–water partition coefficient (Wildman–Crippen LogP) is -0.272. The van der Waals surface area contributed by atoms with Gasteiger partial charge in [-0.3, -0.25) is 9.59 Å². The molecule has 2 aromatic carbocycles. The number of aliphatic hydroxyl groups excluding tert-OH is 1. The molecule has 1 amide bonds. The molecule has 4 rings (SSSR count). The van der Waals surface area contributed by atoms with Crippen LogP contribution in [0.4, 0.5) is 5.69 Å². The van der Waals surface area contributed by atoms with Gasteiger partial charge in [-0.05, 0) is 30.2 Å². The molecule has 2 aliphatic rings. The number of carbonyl (C=O) groups excluding carboxylic acids is 2. The van der Waals surface area contributed by atoms with E-state index in [-0.39, 0.29) is 66.0 Å². The molecule has 0 saturated carbocycles. The summed E-state index contributed by atoms with van der Waals surface area (Å²) >= 11 is 0. The van der Waals surface area contributed by atoms with Crippen molar-refractivity contribution < 1.29 is 48.1 Å². The van der Waals surface area contributed by atoms with E-state index in [4.69, 9.17) is 9.47 Å². The number of para-hydroxylation sites is 1. The zero-order valence-electron chi connectivity index (χ0n) is 19.0. The van der Waals surface area contributed by atoms with E-state index in [2.05, 4.69) is 10.6 Å². The van der Waals surface area contributed by atoms with Crippen LogP contribution < -0.4 is 33.7 Å². The Morgan fingerprint density at radius 1 is 1.24 bits per heavy atom. The molecule has 2 atom stereocenters. The van der Waals surface area contributed by atoms with Gasteiger partial charge in [0.25, 0.3) is 5.91 Å². The van der Waals surface area contributed by atoms with E-state index >= 15 is 0 Å².